The van der Waals surface area contributed by atoms with Gasteiger partial charge in [-0.3, -0.25) is 9.59 Å². The van der Waals surface area contributed by atoms with Crippen LogP contribution >= 0.6 is 0 Å². The smallest absolute Gasteiger partial charge is 0.267 e. The van der Waals surface area contributed by atoms with Gasteiger partial charge in [-0.25, -0.2) is 0 Å². The molecule has 3 aromatic carbocycles. The van der Waals surface area contributed by atoms with Crippen LogP contribution in [0.2, 0.25) is 0 Å². The summed E-state index contributed by atoms with van der Waals surface area (Å²) in [6.07, 6.45) is -0.619. The van der Waals surface area contributed by atoms with E-state index in [1.807, 2.05) is 31.2 Å². The molecule has 0 saturated heterocycles. The molecule has 8 nitrogen and oxygen atoms in total. The highest BCUT2D eigenvalue weighted by Gasteiger charge is 2.31. The van der Waals surface area contributed by atoms with Gasteiger partial charge >= 0.3 is 0 Å². The van der Waals surface area contributed by atoms with Crippen molar-refractivity contribution in [2.45, 2.75) is 20.0 Å². The third kappa shape index (κ3) is 5.48. The van der Waals surface area contributed by atoms with Gasteiger partial charge in [0.15, 0.2) is 6.10 Å². The van der Waals surface area contributed by atoms with Crippen LogP contribution in [0.15, 0.2) is 60.7 Å². The van der Waals surface area contributed by atoms with E-state index in [1.54, 1.807) is 48.2 Å². The Kier molecular flexibility index (Phi) is 7.10. The molecule has 0 radical (unpaired) electrons. The van der Waals surface area contributed by atoms with Gasteiger partial charge in [0.05, 0.1) is 26.5 Å². The second kappa shape index (κ2) is 10.4. The summed E-state index contributed by atoms with van der Waals surface area (Å²) in [5.74, 6) is 1.81. The number of nitrogens with one attached hydrogen (secondary N) is 1. The van der Waals surface area contributed by atoms with Gasteiger partial charge in [0, 0.05) is 17.3 Å². The number of hydrogen-bond donors (Lipinski definition) is 1. The zero-order valence-electron chi connectivity index (χ0n) is 20.2. The summed E-state index contributed by atoms with van der Waals surface area (Å²) in [5, 5.41) is 2.87. The van der Waals surface area contributed by atoms with E-state index in [-0.39, 0.29) is 11.8 Å². The first-order valence-electron chi connectivity index (χ1n) is 11.2. The fraction of sp³-hybridized carbons (Fsp3) is 0.259. The van der Waals surface area contributed by atoms with Crippen molar-refractivity contribution < 1.29 is 28.5 Å². The van der Waals surface area contributed by atoms with Crippen LogP contribution in [0.4, 0.5) is 11.4 Å². The number of nitrogens with zero attached hydrogens (tertiary/aromatic N) is 1. The summed E-state index contributed by atoms with van der Waals surface area (Å²) in [5.41, 5.74) is 2.56. The molecule has 1 aliphatic heterocycles. The predicted molar refractivity (Wildman–Crippen MR) is 133 cm³/mol. The largest absolute Gasteiger partial charge is 0.497 e. The lowest BCUT2D eigenvalue weighted by Gasteiger charge is -2.33. The van der Waals surface area contributed by atoms with E-state index in [2.05, 4.69) is 5.32 Å². The molecule has 0 fully saturated rings. The number of fused-ring (bicyclic) bond motifs is 1. The fourth-order valence-corrected chi connectivity index (χ4v) is 3.82. The second-order valence-electron chi connectivity index (χ2n) is 8.15. The topological polar surface area (TPSA) is 86.3 Å². The molecule has 1 atom stereocenters. The molecule has 1 heterocycles. The Hall–Kier alpha value is -4.20. The Morgan fingerprint density at radius 1 is 1.00 bits per heavy atom. The Balaban J connectivity index is 1.53. The second-order valence-corrected chi connectivity index (χ2v) is 8.15. The molecule has 35 heavy (non-hydrogen) atoms. The van der Waals surface area contributed by atoms with Crippen molar-refractivity contribution in [1.82, 2.24) is 0 Å². The number of ether oxygens (including phenoxy) is 4. The van der Waals surface area contributed by atoms with Crippen LogP contribution in [0.1, 0.15) is 22.8 Å². The van der Waals surface area contributed by atoms with Crippen molar-refractivity contribution in [3.63, 3.8) is 0 Å². The Bertz CT molecular complexity index is 1220. The third-order valence-electron chi connectivity index (χ3n) is 5.61. The van der Waals surface area contributed by atoms with Crippen LogP contribution in [0.3, 0.4) is 0 Å². The van der Waals surface area contributed by atoms with E-state index in [0.29, 0.717) is 47.3 Å². The highest BCUT2D eigenvalue weighted by Crippen LogP contribution is 2.36. The molecule has 0 spiro atoms. The van der Waals surface area contributed by atoms with E-state index < -0.39 is 6.10 Å². The van der Waals surface area contributed by atoms with E-state index in [0.717, 1.165) is 11.3 Å². The van der Waals surface area contributed by atoms with Crippen molar-refractivity contribution in [2.75, 3.05) is 37.6 Å². The standard InChI is InChI=1S/C27H28N2O6/c1-17-6-5-7-21(12-17)34-11-10-29-24-15-20(8-9-25(24)35-18(2)27(29)31)28-26(30)19-13-22(32-3)16-23(14-19)33-4/h5-9,12-16,18H,10-11H2,1-4H3,(H,28,30). The molecule has 0 saturated carbocycles. The fourth-order valence-electron chi connectivity index (χ4n) is 3.82. The summed E-state index contributed by atoms with van der Waals surface area (Å²) in [6, 6.07) is 17.9. The number of carbonyl (C=O) groups excluding carboxylic acids is 2. The molecule has 8 heteroatoms. The summed E-state index contributed by atoms with van der Waals surface area (Å²) < 4.78 is 22.1. The van der Waals surface area contributed by atoms with Crippen LogP contribution < -0.4 is 29.2 Å². The molecule has 1 N–H and O–H groups in total. The van der Waals surface area contributed by atoms with E-state index in [4.69, 9.17) is 18.9 Å². The zero-order chi connectivity index (χ0) is 24.9. The number of carbonyl (C=O) groups is 2. The number of aryl methyl sites for hydroxylation is 1. The molecule has 0 aliphatic carbocycles. The van der Waals surface area contributed by atoms with E-state index >= 15 is 0 Å². The molecule has 0 bridgehead atoms. The third-order valence-corrected chi connectivity index (χ3v) is 5.61. The van der Waals surface area contributed by atoms with Crippen LogP contribution in [0, 0.1) is 6.92 Å². The minimum atomic E-state index is -0.619. The van der Waals surface area contributed by atoms with Gasteiger partial charge in [0.25, 0.3) is 11.8 Å². The number of amides is 2. The Morgan fingerprint density at radius 2 is 1.74 bits per heavy atom. The van der Waals surface area contributed by atoms with Gasteiger partial charge in [0.1, 0.15) is 29.6 Å². The minimum absolute atomic E-state index is 0.175. The summed E-state index contributed by atoms with van der Waals surface area (Å²) in [7, 11) is 3.05. The molecular weight excluding hydrogens is 448 g/mol. The van der Waals surface area contributed by atoms with Gasteiger partial charge in [-0.15, -0.1) is 0 Å². The lowest BCUT2D eigenvalue weighted by Crippen LogP contribution is -2.46. The van der Waals surface area contributed by atoms with Crippen LogP contribution in [0.25, 0.3) is 0 Å². The zero-order valence-corrected chi connectivity index (χ0v) is 20.2. The van der Waals surface area contributed by atoms with Gasteiger partial charge < -0.3 is 29.2 Å². The van der Waals surface area contributed by atoms with E-state index in [1.165, 1.54) is 14.2 Å². The average molecular weight is 477 g/mol. The Morgan fingerprint density at radius 3 is 2.43 bits per heavy atom. The quantitative estimate of drug-likeness (QED) is 0.517. The highest BCUT2D eigenvalue weighted by atomic mass is 16.5. The van der Waals surface area contributed by atoms with Crippen LogP contribution in [-0.4, -0.2) is 45.3 Å². The minimum Gasteiger partial charge on any atom is -0.497 e. The monoisotopic (exact) mass is 476 g/mol. The molecule has 1 aliphatic rings. The van der Waals surface area contributed by atoms with Crippen molar-refractivity contribution in [3.8, 4) is 23.0 Å². The molecule has 1 unspecified atom stereocenters. The number of hydrogen-bond acceptors (Lipinski definition) is 6. The highest BCUT2D eigenvalue weighted by molar-refractivity contribution is 6.06. The summed E-state index contributed by atoms with van der Waals surface area (Å²) in [6.45, 7) is 4.35. The first kappa shape index (κ1) is 23.9. The number of benzene rings is 3. The number of methoxy groups -OCH3 is 2. The molecule has 3 aromatic rings. The lowest BCUT2D eigenvalue weighted by molar-refractivity contribution is -0.125. The molecule has 4 rings (SSSR count). The number of rotatable bonds is 8. The molecule has 0 aromatic heterocycles. The van der Waals surface area contributed by atoms with Crippen LogP contribution in [0.5, 0.6) is 23.0 Å². The van der Waals surface area contributed by atoms with Gasteiger partial charge in [-0.2, -0.15) is 0 Å². The first-order chi connectivity index (χ1) is 16.9. The van der Waals surface area contributed by atoms with Crippen LogP contribution in [-0.2, 0) is 4.79 Å². The molecule has 182 valence electrons. The maximum atomic E-state index is 12.9. The van der Waals surface area contributed by atoms with Crippen molar-refractivity contribution >= 4 is 23.2 Å². The maximum absolute atomic E-state index is 12.9. The molecular formula is C27H28N2O6. The normalized spacial score (nSPS) is 14.6. The molecule has 2 amide bonds. The van der Waals surface area contributed by atoms with Crippen molar-refractivity contribution in [3.05, 3.63) is 71.8 Å². The lowest BCUT2D eigenvalue weighted by atomic mass is 10.1. The summed E-state index contributed by atoms with van der Waals surface area (Å²) in [4.78, 5) is 27.5. The number of anilines is 2. The van der Waals surface area contributed by atoms with Gasteiger partial charge in [0.2, 0.25) is 0 Å². The van der Waals surface area contributed by atoms with Gasteiger partial charge in [-0.1, -0.05) is 12.1 Å². The SMILES string of the molecule is COc1cc(OC)cc(C(=O)Nc2ccc3c(c2)N(CCOc2cccc(C)c2)C(=O)C(C)O3)c1. The Labute approximate surface area is 204 Å². The maximum Gasteiger partial charge on any atom is 0.267 e. The summed E-state index contributed by atoms with van der Waals surface area (Å²) >= 11 is 0. The average Bonchev–Trinajstić information content (AvgIpc) is 2.86. The van der Waals surface area contributed by atoms with Crippen molar-refractivity contribution in [2.24, 2.45) is 0 Å². The predicted octanol–water partition coefficient (Wildman–Crippen LogP) is 4.46. The van der Waals surface area contributed by atoms with Gasteiger partial charge in [-0.05, 0) is 61.9 Å². The van der Waals surface area contributed by atoms with Crippen molar-refractivity contribution in [1.29, 1.82) is 0 Å². The first-order valence-corrected chi connectivity index (χ1v) is 11.2. The van der Waals surface area contributed by atoms with E-state index in [9.17, 15) is 9.59 Å².